The van der Waals surface area contributed by atoms with Crippen LogP contribution in [0.1, 0.15) is 33.6 Å². The minimum absolute atomic E-state index is 0.0919. The van der Waals surface area contributed by atoms with Crippen LogP contribution in [0, 0.1) is 0 Å². The zero-order chi connectivity index (χ0) is 13.9. The third kappa shape index (κ3) is 3.87. The molecule has 0 spiro atoms. The highest BCUT2D eigenvalue weighted by Crippen LogP contribution is 2.21. The van der Waals surface area contributed by atoms with Crippen molar-refractivity contribution >= 4 is 12.1 Å². The third-order valence-electron chi connectivity index (χ3n) is 2.66. The van der Waals surface area contributed by atoms with Crippen LogP contribution < -0.4 is 0 Å². The van der Waals surface area contributed by atoms with E-state index < -0.39 is 29.8 Å². The van der Waals surface area contributed by atoms with Crippen molar-refractivity contribution in [1.29, 1.82) is 0 Å². The van der Waals surface area contributed by atoms with Crippen molar-refractivity contribution in [1.82, 2.24) is 4.90 Å². The Morgan fingerprint density at radius 3 is 2.39 bits per heavy atom. The molecule has 104 valence electrons. The van der Waals surface area contributed by atoms with Gasteiger partial charge in [-0.05, 0) is 33.6 Å². The van der Waals surface area contributed by atoms with E-state index in [1.54, 1.807) is 20.8 Å². The van der Waals surface area contributed by atoms with E-state index in [4.69, 9.17) is 4.74 Å². The Labute approximate surface area is 107 Å². The predicted molar refractivity (Wildman–Crippen MR) is 64.0 cm³/mol. The second-order valence-electron chi connectivity index (χ2n) is 5.40. The highest BCUT2D eigenvalue weighted by atomic mass is 16.6. The largest absolute Gasteiger partial charge is 0.467 e. The first-order valence-corrected chi connectivity index (χ1v) is 6.00. The molecule has 1 amide bonds. The van der Waals surface area contributed by atoms with Gasteiger partial charge in [-0.3, -0.25) is 4.90 Å². The summed E-state index contributed by atoms with van der Waals surface area (Å²) in [6, 6.07) is -0.673. The lowest BCUT2D eigenvalue weighted by molar-refractivity contribution is -0.149. The predicted octanol–water partition coefficient (Wildman–Crippen LogP) is 0.920. The quantitative estimate of drug-likeness (QED) is 0.709. The molecule has 18 heavy (non-hydrogen) atoms. The van der Waals surface area contributed by atoms with Crippen LogP contribution in [-0.4, -0.2) is 53.5 Å². The van der Waals surface area contributed by atoms with E-state index in [1.165, 1.54) is 12.0 Å². The van der Waals surface area contributed by atoms with Gasteiger partial charge >= 0.3 is 12.1 Å². The Morgan fingerprint density at radius 2 is 1.89 bits per heavy atom. The summed E-state index contributed by atoms with van der Waals surface area (Å²) in [5, 5.41) is 9.60. The van der Waals surface area contributed by atoms with Crippen LogP contribution in [0.15, 0.2) is 0 Å². The zero-order valence-corrected chi connectivity index (χ0v) is 11.3. The number of aliphatic hydroxyl groups is 1. The number of aliphatic hydroxyl groups excluding tert-OH is 1. The summed E-state index contributed by atoms with van der Waals surface area (Å²) >= 11 is 0. The number of hydrogen-bond donors (Lipinski definition) is 1. The number of methoxy groups -OCH3 is 1. The van der Waals surface area contributed by atoms with Gasteiger partial charge in [0.05, 0.1) is 19.8 Å². The number of esters is 1. The molecule has 0 radical (unpaired) electrons. The lowest BCUT2D eigenvalue weighted by Crippen LogP contribution is -2.53. The molecular formula is C12H21NO5. The molecule has 1 aliphatic rings. The van der Waals surface area contributed by atoms with Gasteiger partial charge in [-0.15, -0.1) is 0 Å². The first-order chi connectivity index (χ1) is 8.24. The number of carbonyl (C=O) groups excluding carboxylic acids is 2. The van der Waals surface area contributed by atoms with Gasteiger partial charge in [0.25, 0.3) is 0 Å². The van der Waals surface area contributed by atoms with Crippen LogP contribution in [0.3, 0.4) is 0 Å². The fourth-order valence-corrected chi connectivity index (χ4v) is 1.86. The molecule has 0 bridgehead atoms. The number of piperidine rings is 1. The average Bonchev–Trinajstić information content (AvgIpc) is 2.25. The summed E-state index contributed by atoms with van der Waals surface area (Å²) < 4.78 is 9.88. The Bertz CT molecular complexity index is 323. The number of carbonyl (C=O) groups is 2. The molecule has 1 saturated heterocycles. The van der Waals surface area contributed by atoms with Crippen molar-refractivity contribution in [2.45, 2.75) is 51.4 Å². The molecule has 2 atom stereocenters. The van der Waals surface area contributed by atoms with Crippen molar-refractivity contribution in [3.63, 3.8) is 0 Å². The summed E-state index contributed by atoms with van der Waals surface area (Å²) in [4.78, 5) is 24.8. The van der Waals surface area contributed by atoms with Crippen LogP contribution in [0.4, 0.5) is 4.79 Å². The molecule has 1 unspecified atom stereocenters. The van der Waals surface area contributed by atoms with E-state index >= 15 is 0 Å². The van der Waals surface area contributed by atoms with Gasteiger partial charge < -0.3 is 14.6 Å². The molecule has 6 heteroatoms. The molecule has 0 aromatic carbocycles. The van der Waals surface area contributed by atoms with E-state index in [0.29, 0.717) is 12.8 Å². The van der Waals surface area contributed by atoms with Crippen LogP contribution in [0.2, 0.25) is 0 Å². The average molecular weight is 259 g/mol. The molecule has 1 N–H and O–H groups in total. The number of nitrogens with zero attached hydrogens (tertiary/aromatic N) is 1. The summed E-state index contributed by atoms with van der Waals surface area (Å²) in [5.41, 5.74) is -0.639. The number of amides is 1. The van der Waals surface area contributed by atoms with E-state index in [0.717, 1.165) is 0 Å². The van der Waals surface area contributed by atoms with Crippen molar-refractivity contribution < 1.29 is 24.2 Å². The maximum atomic E-state index is 12.0. The van der Waals surface area contributed by atoms with E-state index in [9.17, 15) is 14.7 Å². The van der Waals surface area contributed by atoms with Gasteiger partial charge in [0.2, 0.25) is 0 Å². The zero-order valence-electron chi connectivity index (χ0n) is 11.3. The second kappa shape index (κ2) is 5.56. The maximum absolute atomic E-state index is 12.0. The molecule has 1 heterocycles. The lowest BCUT2D eigenvalue weighted by atomic mass is 10.0. The molecule has 0 aromatic heterocycles. The minimum Gasteiger partial charge on any atom is -0.467 e. The summed E-state index contributed by atoms with van der Waals surface area (Å²) in [7, 11) is 1.28. The van der Waals surface area contributed by atoms with Gasteiger partial charge in [-0.2, -0.15) is 0 Å². The summed E-state index contributed by atoms with van der Waals surface area (Å²) in [6.45, 7) is 5.34. The number of likely N-dealkylation sites (tertiary alicyclic amines) is 1. The van der Waals surface area contributed by atoms with E-state index in [-0.39, 0.29) is 6.54 Å². The summed E-state index contributed by atoms with van der Waals surface area (Å²) in [6.07, 6.45) is -0.373. The van der Waals surface area contributed by atoms with Crippen molar-refractivity contribution in [3.8, 4) is 0 Å². The summed E-state index contributed by atoms with van der Waals surface area (Å²) in [5.74, 6) is -0.479. The van der Waals surface area contributed by atoms with Crippen molar-refractivity contribution in [2.24, 2.45) is 0 Å². The molecular weight excluding hydrogens is 238 g/mol. The van der Waals surface area contributed by atoms with Gasteiger partial charge in [0.15, 0.2) is 0 Å². The molecule has 6 nitrogen and oxygen atoms in total. The number of hydrogen-bond acceptors (Lipinski definition) is 5. The van der Waals surface area contributed by atoms with Crippen LogP contribution in [0.5, 0.6) is 0 Å². The van der Waals surface area contributed by atoms with Crippen molar-refractivity contribution in [2.75, 3.05) is 13.7 Å². The fraction of sp³-hybridized carbons (Fsp3) is 0.833. The lowest BCUT2D eigenvalue weighted by Gasteiger charge is -2.36. The van der Waals surface area contributed by atoms with Crippen LogP contribution >= 0.6 is 0 Å². The maximum Gasteiger partial charge on any atom is 0.411 e. The highest BCUT2D eigenvalue weighted by molar-refractivity contribution is 5.81. The monoisotopic (exact) mass is 259 g/mol. The molecule has 1 fully saturated rings. The SMILES string of the molecule is COC(=O)C1CC[C@H](O)CN1C(=O)OC(C)(C)C. The van der Waals surface area contributed by atoms with Gasteiger partial charge in [-0.1, -0.05) is 0 Å². The third-order valence-corrected chi connectivity index (χ3v) is 2.66. The molecule has 1 rings (SSSR count). The minimum atomic E-state index is -0.673. The molecule has 1 aliphatic heterocycles. The van der Waals surface area contributed by atoms with Gasteiger partial charge in [-0.25, -0.2) is 9.59 Å². The Hall–Kier alpha value is -1.30. The topological polar surface area (TPSA) is 76.1 Å². The fourth-order valence-electron chi connectivity index (χ4n) is 1.86. The molecule has 0 saturated carbocycles. The van der Waals surface area contributed by atoms with Crippen LogP contribution in [-0.2, 0) is 14.3 Å². The molecule has 0 aromatic rings. The van der Waals surface area contributed by atoms with E-state index in [1.807, 2.05) is 0 Å². The second-order valence-corrected chi connectivity index (χ2v) is 5.40. The standard InChI is InChI=1S/C12H21NO5/c1-12(2,3)18-11(16)13-7-8(14)5-6-9(13)10(15)17-4/h8-9,14H,5-7H2,1-4H3/t8-,9?/m0/s1. The van der Waals surface area contributed by atoms with Gasteiger partial charge in [0.1, 0.15) is 11.6 Å². The smallest absolute Gasteiger partial charge is 0.411 e. The highest BCUT2D eigenvalue weighted by Gasteiger charge is 2.38. The Morgan fingerprint density at radius 1 is 1.28 bits per heavy atom. The Balaban J connectivity index is 2.78. The van der Waals surface area contributed by atoms with Gasteiger partial charge in [0, 0.05) is 0 Å². The first kappa shape index (κ1) is 14.8. The number of rotatable bonds is 1. The normalized spacial score (nSPS) is 24.6. The molecule has 0 aliphatic carbocycles. The van der Waals surface area contributed by atoms with Crippen LogP contribution in [0.25, 0.3) is 0 Å². The number of β-amino-alcohol motifs (C(OH)–C–C–N with tert-alkyl or cyclic N) is 1. The van der Waals surface area contributed by atoms with E-state index in [2.05, 4.69) is 4.74 Å². The first-order valence-electron chi connectivity index (χ1n) is 6.00. The van der Waals surface area contributed by atoms with Crippen molar-refractivity contribution in [3.05, 3.63) is 0 Å². The Kier molecular flexibility index (Phi) is 4.56. The number of ether oxygens (including phenoxy) is 2.